The molecular formula is C11H9IN2O4. The number of benzene rings is 1. The van der Waals surface area contributed by atoms with Crippen molar-refractivity contribution in [2.45, 2.75) is 12.5 Å². The molecule has 18 heavy (non-hydrogen) atoms. The molecular weight excluding hydrogens is 351 g/mol. The highest BCUT2D eigenvalue weighted by molar-refractivity contribution is 14.1. The molecule has 0 aliphatic carbocycles. The van der Waals surface area contributed by atoms with Gasteiger partial charge in [0.1, 0.15) is 11.7 Å². The van der Waals surface area contributed by atoms with Gasteiger partial charge in [0.25, 0.3) is 5.69 Å². The Morgan fingerprint density at radius 2 is 2.33 bits per heavy atom. The number of nitrogens with zero attached hydrogens (tertiary/aromatic N) is 1. The van der Waals surface area contributed by atoms with Gasteiger partial charge in [0.2, 0.25) is 0 Å². The van der Waals surface area contributed by atoms with Gasteiger partial charge in [0, 0.05) is 16.1 Å². The number of halogens is 1. The fraction of sp³-hybridized carbons (Fsp3) is 0.182. The van der Waals surface area contributed by atoms with Crippen LogP contribution in [0.25, 0.3) is 0 Å². The monoisotopic (exact) mass is 360 g/mol. The van der Waals surface area contributed by atoms with Crippen molar-refractivity contribution in [1.82, 2.24) is 0 Å². The van der Waals surface area contributed by atoms with Gasteiger partial charge < -0.3 is 10.4 Å². The lowest BCUT2D eigenvalue weighted by Crippen LogP contribution is -2.29. The number of anilines is 1. The zero-order chi connectivity index (χ0) is 13.7. The molecule has 0 amide bonds. The molecule has 0 bridgehead atoms. The molecule has 0 heterocycles. The van der Waals surface area contributed by atoms with Crippen molar-refractivity contribution in [3.63, 3.8) is 0 Å². The number of nitrogens with one attached hydrogen (secondary N) is 1. The van der Waals surface area contributed by atoms with Crippen molar-refractivity contribution >= 4 is 39.9 Å². The lowest BCUT2D eigenvalue weighted by molar-refractivity contribution is -0.384. The summed E-state index contributed by atoms with van der Waals surface area (Å²) >= 11 is 1.94. The summed E-state index contributed by atoms with van der Waals surface area (Å²) in [6, 6.07) is 3.42. The van der Waals surface area contributed by atoms with Crippen LogP contribution in [0.5, 0.6) is 0 Å². The molecule has 0 fully saturated rings. The van der Waals surface area contributed by atoms with E-state index in [4.69, 9.17) is 11.5 Å². The van der Waals surface area contributed by atoms with Gasteiger partial charge in [-0.2, -0.15) is 0 Å². The van der Waals surface area contributed by atoms with E-state index >= 15 is 0 Å². The summed E-state index contributed by atoms with van der Waals surface area (Å²) in [5.74, 6) is 1.06. The lowest BCUT2D eigenvalue weighted by atomic mass is 10.2. The van der Waals surface area contributed by atoms with Crippen LogP contribution in [-0.2, 0) is 4.79 Å². The van der Waals surface area contributed by atoms with Gasteiger partial charge in [-0.25, -0.2) is 4.79 Å². The Labute approximate surface area is 117 Å². The van der Waals surface area contributed by atoms with Crippen molar-refractivity contribution in [1.29, 1.82) is 0 Å². The first-order valence-electron chi connectivity index (χ1n) is 4.82. The van der Waals surface area contributed by atoms with Crippen LogP contribution in [0.15, 0.2) is 18.2 Å². The highest BCUT2D eigenvalue weighted by atomic mass is 127. The maximum Gasteiger partial charge on any atom is 0.327 e. The number of hydrogen-bond donors (Lipinski definition) is 2. The Bertz CT molecular complexity index is 524. The maximum absolute atomic E-state index is 10.9. The minimum atomic E-state index is -1.15. The maximum atomic E-state index is 10.9. The number of nitro benzene ring substituents is 1. The average Bonchev–Trinajstić information content (AvgIpc) is 2.30. The first-order chi connectivity index (χ1) is 8.45. The Morgan fingerprint density at radius 3 is 2.83 bits per heavy atom. The molecule has 1 rings (SSSR count). The molecule has 1 aromatic rings. The predicted octanol–water partition coefficient (Wildman–Crippen LogP) is 2.09. The summed E-state index contributed by atoms with van der Waals surface area (Å²) in [5, 5.41) is 22.3. The van der Waals surface area contributed by atoms with Gasteiger partial charge in [-0.05, 0) is 34.7 Å². The first-order valence-corrected chi connectivity index (χ1v) is 5.90. The number of rotatable bonds is 5. The van der Waals surface area contributed by atoms with Crippen molar-refractivity contribution < 1.29 is 14.8 Å². The van der Waals surface area contributed by atoms with Gasteiger partial charge >= 0.3 is 5.97 Å². The van der Waals surface area contributed by atoms with E-state index in [2.05, 4.69) is 11.2 Å². The van der Waals surface area contributed by atoms with Gasteiger partial charge in [-0.15, -0.1) is 12.3 Å². The summed E-state index contributed by atoms with van der Waals surface area (Å²) in [7, 11) is 0. The summed E-state index contributed by atoms with van der Waals surface area (Å²) in [5.41, 5.74) is -0.0340. The second-order valence-corrected chi connectivity index (χ2v) is 4.61. The number of aliphatic carboxylic acids is 1. The Balaban J connectivity index is 3.06. The van der Waals surface area contributed by atoms with E-state index in [1.165, 1.54) is 12.1 Å². The molecule has 0 aliphatic rings. The van der Waals surface area contributed by atoms with Crippen molar-refractivity contribution in [3.05, 3.63) is 31.9 Å². The van der Waals surface area contributed by atoms with Crippen molar-refractivity contribution in [3.8, 4) is 12.3 Å². The zero-order valence-electron chi connectivity index (χ0n) is 9.09. The fourth-order valence-electron chi connectivity index (χ4n) is 1.28. The number of hydrogen-bond acceptors (Lipinski definition) is 4. The van der Waals surface area contributed by atoms with Gasteiger partial charge in [-0.3, -0.25) is 10.1 Å². The number of carboxylic acid groups (broad SMARTS) is 1. The smallest absolute Gasteiger partial charge is 0.327 e. The molecule has 0 aromatic heterocycles. The molecule has 2 N–H and O–H groups in total. The Hall–Kier alpha value is -1.82. The number of carboxylic acids is 1. The third-order valence-electron chi connectivity index (χ3n) is 2.11. The first kappa shape index (κ1) is 14.2. The molecule has 1 aromatic carbocycles. The third-order valence-corrected chi connectivity index (χ3v) is 2.78. The second-order valence-electron chi connectivity index (χ2n) is 3.36. The predicted molar refractivity (Wildman–Crippen MR) is 74.3 cm³/mol. The fourth-order valence-corrected chi connectivity index (χ4v) is 1.76. The van der Waals surface area contributed by atoms with Gasteiger partial charge in [0.15, 0.2) is 0 Å². The highest BCUT2D eigenvalue weighted by Gasteiger charge is 2.21. The average molecular weight is 360 g/mol. The van der Waals surface area contributed by atoms with E-state index in [-0.39, 0.29) is 17.8 Å². The molecule has 6 nitrogen and oxygen atoms in total. The SMILES string of the molecule is C#CCC(Nc1ccc(I)cc1[N+](=O)[O-])C(=O)O. The number of terminal acetylenes is 1. The summed E-state index contributed by atoms with van der Waals surface area (Å²) in [6.07, 6.45) is 5.00. The van der Waals surface area contributed by atoms with Crippen LogP contribution in [0.3, 0.4) is 0 Å². The number of nitro groups is 1. The van der Waals surface area contributed by atoms with Crippen LogP contribution >= 0.6 is 22.6 Å². The quantitative estimate of drug-likeness (QED) is 0.363. The normalized spacial score (nSPS) is 11.3. The molecule has 7 heteroatoms. The summed E-state index contributed by atoms with van der Waals surface area (Å²) < 4.78 is 0.689. The minimum absolute atomic E-state index is 0.0571. The zero-order valence-corrected chi connectivity index (χ0v) is 11.2. The highest BCUT2D eigenvalue weighted by Crippen LogP contribution is 2.27. The van der Waals surface area contributed by atoms with Crippen molar-refractivity contribution in [2.24, 2.45) is 0 Å². The van der Waals surface area contributed by atoms with E-state index in [9.17, 15) is 14.9 Å². The van der Waals surface area contributed by atoms with Crippen molar-refractivity contribution in [2.75, 3.05) is 5.32 Å². The van der Waals surface area contributed by atoms with Crippen LogP contribution in [0.2, 0.25) is 0 Å². The van der Waals surface area contributed by atoms with E-state index < -0.39 is 16.9 Å². The molecule has 0 saturated heterocycles. The van der Waals surface area contributed by atoms with Crippen LogP contribution in [0.4, 0.5) is 11.4 Å². The van der Waals surface area contributed by atoms with Gasteiger partial charge in [0.05, 0.1) is 4.92 Å². The third kappa shape index (κ3) is 3.59. The summed E-state index contributed by atoms with van der Waals surface area (Å²) in [4.78, 5) is 21.2. The molecule has 94 valence electrons. The lowest BCUT2D eigenvalue weighted by Gasteiger charge is -2.13. The van der Waals surface area contributed by atoms with E-state index in [1.807, 2.05) is 22.6 Å². The van der Waals surface area contributed by atoms with Crippen LogP contribution in [0, 0.1) is 26.0 Å². The Kier molecular flexibility index (Phi) is 4.91. The molecule has 0 saturated carbocycles. The molecule has 1 unspecified atom stereocenters. The standard InChI is InChI=1S/C11H9IN2O4/c1-2-3-9(11(15)16)13-8-5-4-7(12)6-10(8)14(17)18/h1,4-6,9,13H,3H2,(H,15,16). The van der Waals surface area contributed by atoms with Crippen LogP contribution in [-0.4, -0.2) is 22.0 Å². The van der Waals surface area contributed by atoms with Crippen LogP contribution < -0.4 is 5.32 Å². The number of carbonyl (C=O) groups is 1. The van der Waals surface area contributed by atoms with Gasteiger partial charge in [-0.1, -0.05) is 0 Å². The topological polar surface area (TPSA) is 92.5 Å². The van der Waals surface area contributed by atoms with E-state index in [1.54, 1.807) is 6.07 Å². The molecule has 1 atom stereocenters. The molecule has 0 radical (unpaired) electrons. The van der Waals surface area contributed by atoms with E-state index in [0.717, 1.165) is 0 Å². The molecule has 0 spiro atoms. The van der Waals surface area contributed by atoms with Crippen LogP contribution in [0.1, 0.15) is 6.42 Å². The minimum Gasteiger partial charge on any atom is -0.480 e. The Morgan fingerprint density at radius 1 is 1.67 bits per heavy atom. The largest absolute Gasteiger partial charge is 0.480 e. The second kappa shape index (κ2) is 6.20. The molecule has 0 aliphatic heterocycles. The summed E-state index contributed by atoms with van der Waals surface area (Å²) in [6.45, 7) is 0. The van der Waals surface area contributed by atoms with E-state index in [0.29, 0.717) is 3.57 Å².